The summed E-state index contributed by atoms with van der Waals surface area (Å²) in [5.41, 5.74) is 1.44. The minimum atomic E-state index is -0.656. The van der Waals surface area contributed by atoms with Gasteiger partial charge in [-0.3, -0.25) is 14.6 Å². The average molecular weight is 328 g/mol. The van der Waals surface area contributed by atoms with Crippen molar-refractivity contribution in [3.8, 4) is 0 Å². The summed E-state index contributed by atoms with van der Waals surface area (Å²) < 4.78 is 13.0. The number of hydrogen-bond donors (Lipinski definition) is 1. The summed E-state index contributed by atoms with van der Waals surface area (Å²) in [5, 5.41) is 2.56. The molecule has 1 aromatic carbocycles. The third kappa shape index (κ3) is 3.68. The lowest BCUT2D eigenvalue weighted by Gasteiger charge is -2.35. The number of piperazine rings is 1. The molecular weight excluding hydrogens is 311 g/mol. The molecule has 0 aliphatic carbocycles. The Morgan fingerprint density at radius 2 is 1.58 bits per heavy atom. The standard InChI is InChI=1S/C17H17FN4O2/c18-13-1-3-15(4-2-13)21-9-11-22(12-10-21)17(24)16(23)20-14-5-7-19-8-6-14/h1-8H,9-12H2,(H,19,20,23). The normalized spacial score (nSPS) is 14.4. The van der Waals surface area contributed by atoms with E-state index in [1.807, 2.05) is 0 Å². The van der Waals surface area contributed by atoms with Crippen LogP contribution in [0.2, 0.25) is 0 Å². The highest BCUT2D eigenvalue weighted by atomic mass is 19.1. The van der Waals surface area contributed by atoms with Crippen LogP contribution in [-0.4, -0.2) is 47.9 Å². The fourth-order valence-corrected chi connectivity index (χ4v) is 2.58. The Morgan fingerprint density at radius 1 is 0.958 bits per heavy atom. The number of amides is 2. The molecule has 24 heavy (non-hydrogen) atoms. The van der Waals surface area contributed by atoms with E-state index in [-0.39, 0.29) is 5.82 Å². The summed E-state index contributed by atoms with van der Waals surface area (Å²) >= 11 is 0. The lowest BCUT2D eigenvalue weighted by molar-refractivity contribution is -0.143. The Hall–Kier alpha value is -2.96. The Kier molecular flexibility index (Phi) is 4.69. The quantitative estimate of drug-likeness (QED) is 0.849. The molecule has 124 valence electrons. The van der Waals surface area contributed by atoms with Crippen LogP contribution in [0.25, 0.3) is 0 Å². The first-order chi connectivity index (χ1) is 11.6. The van der Waals surface area contributed by atoms with E-state index < -0.39 is 11.8 Å². The van der Waals surface area contributed by atoms with Crippen molar-refractivity contribution >= 4 is 23.2 Å². The number of anilines is 2. The highest BCUT2D eigenvalue weighted by Gasteiger charge is 2.26. The number of aromatic nitrogens is 1. The van der Waals surface area contributed by atoms with Crippen LogP contribution < -0.4 is 10.2 Å². The maximum atomic E-state index is 13.0. The molecule has 0 bridgehead atoms. The molecule has 0 spiro atoms. The number of rotatable bonds is 2. The average Bonchev–Trinajstić information content (AvgIpc) is 2.63. The van der Waals surface area contributed by atoms with Crippen LogP contribution >= 0.6 is 0 Å². The van der Waals surface area contributed by atoms with Gasteiger partial charge in [0.1, 0.15) is 5.82 Å². The molecule has 1 aliphatic rings. The van der Waals surface area contributed by atoms with Gasteiger partial charge in [-0.25, -0.2) is 4.39 Å². The molecule has 1 saturated heterocycles. The van der Waals surface area contributed by atoms with Crippen LogP contribution in [0.3, 0.4) is 0 Å². The number of halogens is 1. The van der Waals surface area contributed by atoms with Gasteiger partial charge in [0.15, 0.2) is 0 Å². The Labute approximate surface area is 138 Å². The lowest BCUT2D eigenvalue weighted by atomic mass is 10.2. The van der Waals surface area contributed by atoms with Crippen molar-refractivity contribution in [3.05, 3.63) is 54.6 Å². The molecule has 6 nitrogen and oxygen atoms in total. The maximum Gasteiger partial charge on any atom is 0.313 e. The van der Waals surface area contributed by atoms with Crippen molar-refractivity contribution in [2.24, 2.45) is 0 Å². The molecule has 1 N–H and O–H groups in total. The molecule has 1 aliphatic heterocycles. The minimum Gasteiger partial charge on any atom is -0.368 e. The Morgan fingerprint density at radius 3 is 2.21 bits per heavy atom. The summed E-state index contributed by atoms with van der Waals surface area (Å²) in [4.78, 5) is 31.7. The summed E-state index contributed by atoms with van der Waals surface area (Å²) in [5.74, 6) is -1.48. The second-order valence-electron chi connectivity index (χ2n) is 5.45. The predicted octanol–water partition coefficient (Wildman–Crippen LogP) is 1.51. The number of carbonyl (C=O) groups excluding carboxylic acids is 2. The Balaban J connectivity index is 1.55. The first kappa shape index (κ1) is 15.9. The fourth-order valence-electron chi connectivity index (χ4n) is 2.58. The third-order valence-corrected chi connectivity index (χ3v) is 3.89. The van der Waals surface area contributed by atoms with Gasteiger partial charge in [-0.1, -0.05) is 0 Å². The number of hydrogen-bond acceptors (Lipinski definition) is 4. The molecule has 2 amide bonds. The van der Waals surface area contributed by atoms with E-state index in [0.717, 1.165) is 5.69 Å². The molecular formula is C17H17FN4O2. The first-order valence-electron chi connectivity index (χ1n) is 7.64. The van der Waals surface area contributed by atoms with Gasteiger partial charge in [0.2, 0.25) is 0 Å². The topological polar surface area (TPSA) is 65.5 Å². The van der Waals surface area contributed by atoms with Crippen molar-refractivity contribution in [2.45, 2.75) is 0 Å². The van der Waals surface area contributed by atoms with E-state index in [0.29, 0.717) is 31.9 Å². The van der Waals surface area contributed by atoms with Crippen LogP contribution in [0.15, 0.2) is 48.8 Å². The molecule has 2 heterocycles. The largest absolute Gasteiger partial charge is 0.368 e. The second-order valence-corrected chi connectivity index (χ2v) is 5.45. The predicted molar refractivity (Wildman–Crippen MR) is 88.1 cm³/mol. The van der Waals surface area contributed by atoms with Crippen LogP contribution in [0.5, 0.6) is 0 Å². The molecule has 7 heteroatoms. The fraction of sp³-hybridized carbons (Fsp3) is 0.235. The second kappa shape index (κ2) is 7.08. The zero-order chi connectivity index (χ0) is 16.9. The summed E-state index contributed by atoms with van der Waals surface area (Å²) in [6, 6.07) is 9.49. The number of nitrogens with zero attached hydrogens (tertiary/aromatic N) is 3. The monoisotopic (exact) mass is 328 g/mol. The zero-order valence-electron chi connectivity index (χ0n) is 13.0. The molecule has 0 unspecified atom stereocenters. The molecule has 1 aromatic heterocycles. The lowest BCUT2D eigenvalue weighted by Crippen LogP contribution is -2.51. The maximum absolute atomic E-state index is 13.0. The molecule has 0 saturated carbocycles. The van der Waals surface area contributed by atoms with Gasteiger partial charge in [-0.15, -0.1) is 0 Å². The number of pyridine rings is 1. The van der Waals surface area contributed by atoms with E-state index >= 15 is 0 Å². The van der Waals surface area contributed by atoms with E-state index in [4.69, 9.17) is 0 Å². The van der Waals surface area contributed by atoms with E-state index in [1.54, 1.807) is 36.7 Å². The van der Waals surface area contributed by atoms with Gasteiger partial charge in [-0.05, 0) is 36.4 Å². The summed E-state index contributed by atoms with van der Waals surface area (Å²) in [6.07, 6.45) is 3.09. The SMILES string of the molecule is O=C(Nc1ccncc1)C(=O)N1CCN(c2ccc(F)cc2)CC1. The van der Waals surface area contributed by atoms with Gasteiger partial charge in [0.05, 0.1) is 0 Å². The van der Waals surface area contributed by atoms with Crippen molar-refractivity contribution in [1.29, 1.82) is 0 Å². The molecule has 0 atom stereocenters. The van der Waals surface area contributed by atoms with Crippen molar-refractivity contribution in [2.75, 3.05) is 36.4 Å². The van der Waals surface area contributed by atoms with Gasteiger partial charge < -0.3 is 15.1 Å². The highest BCUT2D eigenvalue weighted by molar-refractivity contribution is 6.39. The van der Waals surface area contributed by atoms with E-state index in [1.165, 1.54) is 17.0 Å². The zero-order valence-corrected chi connectivity index (χ0v) is 13.0. The van der Waals surface area contributed by atoms with Crippen LogP contribution in [0, 0.1) is 5.82 Å². The van der Waals surface area contributed by atoms with Gasteiger partial charge in [0, 0.05) is 49.9 Å². The number of nitrogens with one attached hydrogen (secondary N) is 1. The summed E-state index contributed by atoms with van der Waals surface area (Å²) in [6.45, 7) is 2.08. The van der Waals surface area contributed by atoms with Crippen molar-refractivity contribution in [3.63, 3.8) is 0 Å². The van der Waals surface area contributed by atoms with Crippen LogP contribution in [-0.2, 0) is 9.59 Å². The number of carbonyl (C=O) groups is 2. The van der Waals surface area contributed by atoms with Gasteiger partial charge in [0.25, 0.3) is 0 Å². The van der Waals surface area contributed by atoms with Crippen LogP contribution in [0.1, 0.15) is 0 Å². The van der Waals surface area contributed by atoms with Gasteiger partial charge >= 0.3 is 11.8 Å². The van der Waals surface area contributed by atoms with E-state index in [2.05, 4.69) is 15.2 Å². The molecule has 3 rings (SSSR count). The smallest absolute Gasteiger partial charge is 0.313 e. The highest BCUT2D eigenvalue weighted by Crippen LogP contribution is 2.17. The first-order valence-corrected chi connectivity index (χ1v) is 7.64. The van der Waals surface area contributed by atoms with Crippen LogP contribution in [0.4, 0.5) is 15.8 Å². The van der Waals surface area contributed by atoms with Crippen molar-refractivity contribution < 1.29 is 14.0 Å². The van der Waals surface area contributed by atoms with Crippen molar-refractivity contribution in [1.82, 2.24) is 9.88 Å². The van der Waals surface area contributed by atoms with E-state index in [9.17, 15) is 14.0 Å². The summed E-state index contributed by atoms with van der Waals surface area (Å²) in [7, 11) is 0. The minimum absolute atomic E-state index is 0.277. The molecule has 2 aromatic rings. The molecule has 0 radical (unpaired) electrons. The third-order valence-electron chi connectivity index (χ3n) is 3.89. The Bertz CT molecular complexity index is 713. The van der Waals surface area contributed by atoms with Gasteiger partial charge in [-0.2, -0.15) is 0 Å². The molecule has 1 fully saturated rings. The number of benzene rings is 1.